The summed E-state index contributed by atoms with van der Waals surface area (Å²) in [5.41, 5.74) is 1.54. The smallest absolute Gasteiger partial charge is 0.344 e. The Morgan fingerprint density at radius 2 is 1.32 bits per heavy atom. The Labute approximate surface area is 139 Å². The highest BCUT2D eigenvalue weighted by Gasteiger charge is 2.52. The van der Waals surface area contributed by atoms with Crippen LogP contribution in [-0.4, -0.2) is 21.8 Å². The fourth-order valence-electron chi connectivity index (χ4n) is 4.40. The number of hydrogen-bond donors (Lipinski definition) is 0. The van der Waals surface area contributed by atoms with Gasteiger partial charge in [0.1, 0.15) is 0 Å². The summed E-state index contributed by atoms with van der Waals surface area (Å²) in [7, 11) is -2.05. The minimum atomic E-state index is -2.05. The van der Waals surface area contributed by atoms with Gasteiger partial charge in [0.25, 0.3) is 0 Å². The molecule has 0 aromatic heterocycles. The summed E-state index contributed by atoms with van der Waals surface area (Å²) in [6.45, 7) is 8.69. The Bertz CT molecular complexity index is 296. The summed E-state index contributed by atoms with van der Waals surface area (Å²) in [5, 5.41) is 0. The van der Waals surface area contributed by atoms with Gasteiger partial charge in [0, 0.05) is 24.3 Å². The van der Waals surface area contributed by atoms with E-state index in [-0.39, 0.29) is 0 Å². The van der Waals surface area contributed by atoms with Crippen LogP contribution in [0.5, 0.6) is 0 Å². The van der Waals surface area contributed by atoms with Crippen molar-refractivity contribution in [2.75, 3.05) is 13.2 Å². The molecule has 0 heterocycles. The van der Waals surface area contributed by atoms with Gasteiger partial charge in [0.15, 0.2) is 0 Å². The van der Waals surface area contributed by atoms with Gasteiger partial charge >= 0.3 is 8.56 Å². The van der Waals surface area contributed by atoms with Crippen LogP contribution in [0.25, 0.3) is 0 Å². The standard InChI is InChI=1S/C19H38O2Si/c1-4-15-20-22(19-12-8-9-13-19,21-16-14-17(2)3)18-10-6-5-7-11-18/h17-19H,4-16H2,1-3H3. The zero-order valence-corrected chi connectivity index (χ0v) is 16.2. The molecule has 2 aliphatic rings. The highest BCUT2D eigenvalue weighted by Crippen LogP contribution is 2.50. The molecule has 2 fully saturated rings. The van der Waals surface area contributed by atoms with Crippen molar-refractivity contribution in [3.05, 3.63) is 0 Å². The molecule has 0 saturated heterocycles. The quantitative estimate of drug-likeness (QED) is 0.470. The first-order valence-corrected chi connectivity index (χ1v) is 11.9. The van der Waals surface area contributed by atoms with Gasteiger partial charge in [-0.2, -0.15) is 0 Å². The molecular weight excluding hydrogens is 288 g/mol. The predicted octanol–water partition coefficient (Wildman–Crippen LogP) is 6.20. The monoisotopic (exact) mass is 326 g/mol. The molecule has 0 aliphatic heterocycles. The van der Waals surface area contributed by atoms with Crippen molar-refractivity contribution in [2.24, 2.45) is 5.92 Å². The Kier molecular flexibility index (Phi) is 7.92. The van der Waals surface area contributed by atoms with Crippen LogP contribution in [-0.2, 0) is 8.85 Å². The highest BCUT2D eigenvalue weighted by molar-refractivity contribution is 6.70. The van der Waals surface area contributed by atoms with Crippen molar-refractivity contribution >= 4 is 8.56 Å². The summed E-state index contributed by atoms with van der Waals surface area (Å²) >= 11 is 0. The SMILES string of the molecule is CCCO[Si](OCCC(C)C)(C1CCCCC1)C1CCCC1. The summed E-state index contributed by atoms with van der Waals surface area (Å²) in [5.74, 6) is 0.729. The molecule has 1 unspecified atom stereocenters. The van der Waals surface area contributed by atoms with Crippen molar-refractivity contribution in [1.82, 2.24) is 0 Å². The van der Waals surface area contributed by atoms with Crippen molar-refractivity contribution in [1.29, 1.82) is 0 Å². The molecule has 130 valence electrons. The molecular formula is C19H38O2Si. The number of hydrogen-bond acceptors (Lipinski definition) is 2. The third-order valence-corrected chi connectivity index (χ3v) is 10.4. The lowest BCUT2D eigenvalue weighted by Gasteiger charge is -2.43. The zero-order chi connectivity index (χ0) is 15.8. The van der Waals surface area contributed by atoms with Gasteiger partial charge in [-0.3, -0.25) is 0 Å². The van der Waals surface area contributed by atoms with Crippen molar-refractivity contribution in [3.8, 4) is 0 Å². The molecule has 0 spiro atoms. The van der Waals surface area contributed by atoms with Gasteiger partial charge in [-0.05, 0) is 44.4 Å². The second kappa shape index (κ2) is 9.44. The molecule has 0 N–H and O–H groups in total. The van der Waals surface area contributed by atoms with Crippen LogP contribution < -0.4 is 0 Å². The maximum Gasteiger partial charge on any atom is 0.344 e. The Morgan fingerprint density at radius 1 is 0.818 bits per heavy atom. The first kappa shape index (κ1) is 18.5. The Morgan fingerprint density at radius 3 is 1.82 bits per heavy atom. The van der Waals surface area contributed by atoms with E-state index in [0.717, 1.165) is 36.6 Å². The molecule has 22 heavy (non-hydrogen) atoms. The predicted molar refractivity (Wildman–Crippen MR) is 96.5 cm³/mol. The molecule has 2 nitrogen and oxygen atoms in total. The van der Waals surface area contributed by atoms with Gasteiger partial charge < -0.3 is 8.85 Å². The van der Waals surface area contributed by atoms with Gasteiger partial charge in [0.2, 0.25) is 0 Å². The average molecular weight is 327 g/mol. The first-order valence-electron chi connectivity index (χ1n) is 9.97. The fourth-order valence-corrected chi connectivity index (χ4v) is 9.47. The van der Waals surface area contributed by atoms with Crippen LogP contribution in [0.2, 0.25) is 11.1 Å². The van der Waals surface area contributed by atoms with E-state index >= 15 is 0 Å². The van der Waals surface area contributed by atoms with E-state index in [1.165, 1.54) is 64.2 Å². The molecule has 1 atom stereocenters. The van der Waals surface area contributed by atoms with Crippen LogP contribution in [0.1, 0.15) is 91.4 Å². The molecule has 0 amide bonds. The molecule has 2 aliphatic carbocycles. The summed E-state index contributed by atoms with van der Waals surface area (Å²) in [6.07, 6.45) is 14.8. The van der Waals surface area contributed by atoms with E-state index in [9.17, 15) is 0 Å². The van der Waals surface area contributed by atoms with Crippen LogP contribution in [0.15, 0.2) is 0 Å². The lowest BCUT2D eigenvalue weighted by Crippen LogP contribution is -2.51. The molecule has 0 aromatic rings. The third kappa shape index (κ3) is 4.81. The Balaban J connectivity index is 2.12. The van der Waals surface area contributed by atoms with Gasteiger partial charge in [0.05, 0.1) is 0 Å². The van der Waals surface area contributed by atoms with E-state index in [2.05, 4.69) is 20.8 Å². The minimum absolute atomic E-state index is 0.729. The van der Waals surface area contributed by atoms with E-state index < -0.39 is 8.56 Å². The lowest BCUT2D eigenvalue weighted by molar-refractivity contribution is 0.134. The fraction of sp³-hybridized carbons (Fsp3) is 1.00. The normalized spacial score (nSPS) is 24.0. The molecule has 0 bridgehead atoms. The topological polar surface area (TPSA) is 18.5 Å². The van der Waals surface area contributed by atoms with E-state index in [1.54, 1.807) is 0 Å². The van der Waals surface area contributed by atoms with E-state index in [4.69, 9.17) is 8.85 Å². The van der Waals surface area contributed by atoms with Crippen LogP contribution in [0.4, 0.5) is 0 Å². The van der Waals surface area contributed by atoms with Crippen LogP contribution in [0.3, 0.4) is 0 Å². The van der Waals surface area contributed by atoms with Gasteiger partial charge in [-0.25, -0.2) is 0 Å². The summed E-state index contributed by atoms with van der Waals surface area (Å²) in [6, 6.07) is 0. The molecule has 3 heteroatoms. The highest BCUT2D eigenvalue weighted by atomic mass is 28.4. The molecule has 2 rings (SSSR count). The van der Waals surface area contributed by atoms with Gasteiger partial charge in [-0.15, -0.1) is 0 Å². The first-order chi connectivity index (χ1) is 10.7. The second-order valence-corrected chi connectivity index (χ2v) is 11.6. The van der Waals surface area contributed by atoms with E-state index in [1.807, 2.05) is 0 Å². The van der Waals surface area contributed by atoms with Crippen molar-refractivity contribution < 1.29 is 8.85 Å². The van der Waals surface area contributed by atoms with Crippen molar-refractivity contribution in [3.63, 3.8) is 0 Å². The largest absolute Gasteiger partial charge is 0.394 e. The molecule has 0 aromatic carbocycles. The van der Waals surface area contributed by atoms with E-state index in [0.29, 0.717) is 0 Å². The lowest BCUT2D eigenvalue weighted by atomic mass is 10.0. The summed E-state index contributed by atoms with van der Waals surface area (Å²) < 4.78 is 13.5. The zero-order valence-electron chi connectivity index (χ0n) is 15.2. The maximum atomic E-state index is 6.78. The second-order valence-electron chi connectivity index (χ2n) is 7.92. The Hall–Kier alpha value is 0.137. The minimum Gasteiger partial charge on any atom is -0.394 e. The maximum absolute atomic E-state index is 6.78. The molecule has 0 radical (unpaired) electrons. The summed E-state index contributed by atoms with van der Waals surface area (Å²) in [4.78, 5) is 0. The van der Waals surface area contributed by atoms with Crippen LogP contribution in [0, 0.1) is 5.92 Å². The van der Waals surface area contributed by atoms with Crippen LogP contribution >= 0.6 is 0 Å². The third-order valence-electron chi connectivity index (χ3n) is 5.65. The van der Waals surface area contributed by atoms with Gasteiger partial charge in [-0.1, -0.05) is 52.9 Å². The van der Waals surface area contributed by atoms with Crippen molar-refractivity contribution in [2.45, 2.75) is 102 Å². The number of rotatable bonds is 9. The molecule has 2 saturated carbocycles. The average Bonchev–Trinajstić information content (AvgIpc) is 3.06.